The molecule has 0 spiro atoms. The van der Waals surface area contributed by atoms with Crippen molar-refractivity contribution >= 4 is 12.1 Å². The number of carbonyl (C=O) groups excluding carboxylic acids is 1. The molecule has 1 N–H and O–H groups in total. The molecule has 0 unspecified atom stereocenters. The van der Waals surface area contributed by atoms with Crippen molar-refractivity contribution in [1.82, 2.24) is 9.99 Å². The fourth-order valence-corrected chi connectivity index (χ4v) is 3.10. The molecular formula is C22H20F3N3O2. The summed E-state index contributed by atoms with van der Waals surface area (Å²) in [7, 11) is 1.54. The monoisotopic (exact) mass is 415 g/mol. The van der Waals surface area contributed by atoms with Gasteiger partial charge in [0.05, 0.1) is 18.9 Å². The van der Waals surface area contributed by atoms with Gasteiger partial charge in [-0.1, -0.05) is 6.07 Å². The molecule has 0 radical (unpaired) electrons. The molecule has 2 aromatic carbocycles. The van der Waals surface area contributed by atoms with Crippen molar-refractivity contribution in [3.05, 3.63) is 82.7 Å². The van der Waals surface area contributed by atoms with Gasteiger partial charge in [-0.25, -0.2) is 5.43 Å². The highest BCUT2D eigenvalue weighted by atomic mass is 19.4. The van der Waals surface area contributed by atoms with Crippen molar-refractivity contribution in [2.45, 2.75) is 20.0 Å². The maximum Gasteiger partial charge on any atom is 0.416 e. The van der Waals surface area contributed by atoms with Crippen LogP contribution < -0.4 is 10.2 Å². The zero-order valence-corrected chi connectivity index (χ0v) is 16.6. The first-order chi connectivity index (χ1) is 14.2. The molecule has 1 heterocycles. The van der Waals surface area contributed by atoms with E-state index in [1.165, 1.54) is 19.4 Å². The van der Waals surface area contributed by atoms with Crippen molar-refractivity contribution in [1.29, 1.82) is 0 Å². The van der Waals surface area contributed by atoms with Gasteiger partial charge in [-0.15, -0.1) is 0 Å². The summed E-state index contributed by atoms with van der Waals surface area (Å²) >= 11 is 0. The Hall–Kier alpha value is -3.55. The standard InChI is InChI=1S/C22H20F3N3O2/c1-14-11-17(13-26-27-21(29)16-7-9-20(30-3)10-8-16)15(2)28(14)19-6-4-5-18(12-19)22(23,24)25/h4-13H,1-3H3,(H,27,29)/b26-13-. The van der Waals surface area contributed by atoms with Crippen LogP contribution in [0, 0.1) is 13.8 Å². The van der Waals surface area contributed by atoms with Crippen molar-refractivity contribution in [2.24, 2.45) is 5.10 Å². The van der Waals surface area contributed by atoms with Gasteiger partial charge in [0, 0.05) is 28.2 Å². The molecule has 0 saturated heterocycles. The van der Waals surface area contributed by atoms with Gasteiger partial charge in [-0.2, -0.15) is 18.3 Å². The predicted octanol–water partition coefficient (Wildman–Crippen LogP) is 4.89. The van der Waals surface area contributed by atoms with Crippen LogP contribution in [0.25, 0.3) is 5.69 Å². The molecule has 0 saturated carbocycles. The molecule has 1 aromatic heterocycles. The summed E-state index contributed by atoms with van der Waals surface area (Å²) in [5.41, 5.74) is 4.68. The first-order valence-corrected chi connectivity index (χ1v) is 9.04. The number of alkyl halides is 3. The van der Waals surface area contributed by atoms with Crippen LogP contribution >= 0.6 is 0 Å². The number of carbonyl (C=O) groups is 1. The average Bonchev–Trinajstić information content (AvgIpc) is 3.00. The minimum Gasteiger partial charge on any atom is -0.497 e. The fourth-order valence-electron chi connectivity index (χ4n) is 3.10. The highest BCUT2D eigenvalue weighted by molar-refractivity contribution is 5.95. The largest absolute Gasteiger partial charge is 0.497 e. The van der Waals surface area contributed by atoms with E-state index in [0.717, 1.165) is 17.8 Å². The van der Waals surface area contributed by atoms with E-state index in [1.807, 2.05) is 0 Å². The summed E-state index contributed by atoms with van der Waals surface area (Å²) in [5, 5.41) is 3.98. The number of benzene rings is 2. The summed E-state index contributed by atoms with van der Waals surface area (Å²) in [4.78, 5) is 12.2. The van der Waals surface area contributed by atoms with Crippen molar-refractivity contribution in [3.63, 3.8) is 0 Å². The molecule has 0 aliphatic rings. The quantitative estimate of drug-likeness (QED) is 0.477. The van der Waals surface area contributed by atoms with E-state index in [2.05, 4.69) is 10.5 Å². The molecule has 156 valence electrons. The lowest BCUT2D eigenvalue weighted by molar-refractivity contribution is -0.137. The summed E-state index contributed by atoms with van der Waals surface area (Å²) < 4.78 is 45.9. The summed E-state index contributed by atoms with van der Waals surface area (Å²) in [6.45, 7) is 3.57. The maximum absolute atomic E-state index is 13.0. The van der Waals surface area contributed by atoms with Crippen LogP contribution in [0.5, 0.6) is 5.75 Å². The van der Waals surface area contributed by atoms with E-state index in [-0.39, 0.29) is 5.91 Å². The first-order valence-electron chi connectivity index (χ1n) is 9.04. The lowest BCUT2D eigenvalue weighted by atomic mass is 10.2. The SMILES string of the molecule is COc1ccc(C(=O)N/N=C\c2cc(C)n(-c3cccc(C(F)(F)F)c3)c2C)cc1. The Morgan fingerprint density at radius 1 is 1.10 bits per heavy atom. The topological polar surface area (TPSA) is 55.6 Å². The summed E-state index contributed by atoms with van der Waals surface area (Å²) in [6.07, 6.45) is -2.95. The van der Waals surface area contributed by atoms with Crippen molar-refractivity contribution in [2.75, 3.05) is 7.11 Å². The number of methoxy groups -OCH3 is 1. The molecule has 0 atom stereocenters. The lowest BCUT2D eigenvalue weighted by Gasteiger charge is -2.13. The van der Waals surface area contributed by atoms with Gasteiger partial charge in [0.2, 0.25) is 0 Å². The van der Waals surface area contributed by atoms with Crippen LogP contribution in [0.3, 0.4) is 0 Å². The van der Waals surface area contributed by atoms with Crippen LogP contribution in [0.1, 0.15) is 32.9 Å². The Morgan fingerprint density at radius 3 is 2.43 bits per heavy atom. The third-order valence-corrected chi connectivity index (χ3v) is 4.62. The normalized spacial score (nSPS) is 11.7. The molecule has 0 fully saturated rings. The van der Waals surface area contributed by atoms with Crippen LogP contribution in [0.4, 0.5) is 13.2 Å². The first kappa shape index (κ1) is 21.2. The number of nitrogens with zero attached hydrogens (tertiary/aromatic N) is 2. The zero-order chi connectivity index (χ0) is 21.9. The van der Waals surface area contributed by atoms with Gasteiger partial charge in [0.1, 0.15) is 5.75 Å². The lowest BCUT2D eigenvalue weighted by Crippen LogP contribution is -2.17. The minimum absolute atomic E-state index is 0.388. The molecule has 0 bridgehead atoms. The number of nitrogens with one attached hydrogen (secondary N) is 1. The molecule has 3 rings (SSSR count). The molecule has 30 heavy (non-hydrogen) atoms. The van der Waals surface area contributed by atoms with Crippen LogP contribution in [0.2, 0.25) is 0 Å². The van der Waals surface area contributed by atoms with E-state index in [0.29, 0.717) is 28.3 Å². The number of ether oxygens (including phenoxy) is 1. The third-order valence-electron chi connectivity index (χ3n) is 4.62. The smallest absolute Gasteiger partial charge is 0.416 e. The number of amides is 1. The van der Waals surface area contributed by atoms with E-state index in [1.54, 1.807) is 54.8 Å². The van der Waals surface area contributed by atoms with Crippen LogP contribution in [-0.2, 0) is 6.18 Å². The molecule has 5 nitrogen and oxygen atoms in total. The number of aryl methyl sites for hydroxylation is 1. The molecule has 3 aromatic rings. The Morgan fingerprint density at radius 2 is 1.80 bits per heavy atom. The van der Waals surface area contributed by atoms with Gasteiger partial charge in [0.15, 0.2) is 0 Å². The third kappa shape index (κ3) is 4.53. The number of hydrazone groups is 1. The average molecular weight is 415 g/mol. The Balaban J connectivity index is 1.79. The van der Waals surface area contributed by atoms with E-state index >= 15 is 0 Å². The van der Waals surface area contributed by atoms with Crippen molar-refractivity contribution < 1.29 is 22.7 Å². The van der Waals surface area contributed by atoms with Crippen LogP contribution in [-0.4, -0.2) is 23.8 Å². The molecular weight excluding hydrogens is 395 g/mol. The number of hydrogen-bond donors (Lipinski definition) is 1. The van der Waals surface area contributed by atoms with E-state index < -0.39 is 11.7 Å². The van der Waals surface area contributed by atoms with Gasteiger partial charge >= 0.3 is 6.18 Å². The summed E-state index contributed by atoms with van der Waals surface area (Å²) in [6, 6.07) is 13.5. The van der Waals surface area contributed by atoms with Crippen LogP contribution in [0.15, 0.2) is 59.7 Å². The summed E-state index contributed by atoms with van der Waals surface area (Å²) in [5.74, 6) is 0.248. The molecule has 0 aliphatic carbocycles. The van der Waals surface area contributed by atoms with E-state index in [9.17, 15) is 18.0 Å². The number of aromatic nitrogens is 1. The van der Waals surface area contributed by atoms with Gasteiger partial charge in [0.25, 0.3) is 5.91 Å². The predicted molar refractivity (Wildman–Crippen MR) is 108 cm³/mol. The Labute approximate surface area is 171 Å². The van der Waals surface area contributed by atoms with Gasteiger partial charge in [-0.05, 0) is 62.4 Å². The van der Waals surface area contributed by atoms with E-state index in [4.69, 9.17) is 4.74 Å². The Bertz CT molecular complexity index is 1080. The number of hydrogen-bond acceptors (Lipinski definition) is 3. The highest BCUT2D eigenvalue weighted by Gasteiger charge is 2.30. The van der Waals surface area contributed by atoms with Gasteiger partial charge in [-0.3, -0.25) is 4.79 Å². The minimum atomic E-state index is -4.42. The fraction of sp³-hybridized carbons (Fsp3) is 0.182. The zero-order valence-electron chi connectivity index (χ0n) is 16.6. The molecule has 1 amide bonds. The second-order valence-electron chi connectivity index (χ2n) is 6.64. The second kappa shape index (κ2) is 8.44. The highest BCUT2D eigenvalue weighted by Crippen LogP contribution is 2.31. The molecule has 8 heteroatoms. The van der Waals surface area contributed by atoms with Gasteiger partial charge < -0.3 is 9.30 Å². The Kier molecular flexibility index (Phi) is 5.96. The maximum atomic E-state index is 13.0. The number of halogens is 3. The number of rotatable bonds is 5. The second-order valence-corrected chi connectivity index (χ2v) is 6.64. The van der Waals surface area contributed by atoms with Crippen molar-refractivity contribution in [3.8, 4) is 11.4 Å². The molecule has 0 aliphatic heterocycles.